The molecular formula is C15H20N3O4PS. The number of nitrogen functional groups attached to an aromatic ring is 1. The van der Waals surface area contributed by atoms with Crippen molar-refractivity contribution in [1.29, 1.82) is 0 Å². The molecule has 0 aliphatic heterocycles. The van der Waals surface area contributed by atoms with Gasteiger partial charge in [0.25, 0.3) is 5.91 Å². The van der Waals surface area contributed by atoms with Gasteiger partial charge in [0, 0.05) is 11.1 Å². The highest BCUT2D eigenvalue weighted by molar-refractivity contribution is 7.53. The van der Waals surface area contributed by atoms with Gasteiger partial charge in [0.05, 0.1) is 6.10 Å². The van der Waals surface area contributed by atoms with Crippen molar-refractivity contribution in [2.75, 3.05) is 16.9 Å². The zero-order chi connectivity index (χ0) is 17.7. The van der Waals surface area contributed by atoms with Crippen LogP contribution in [-0.4, -0.2) is 28.2 Å². The van der Waals surface area contributed by atoms with E-state index in [1.54, 1.807) is 37.3 Å². The van der Waals surface area contributed by atoms with Gasteiger partial charge in [0.2, 0.25) is 0 Å². The second-order valence-corrected chi connectivity index (χ2v) is 7.90. The lowest BCUT2D eigenvalue weighted by Gasteiger charge is -2.25. The fourth-order valence-corrected chi connectivity index (χ4v) is 3.93. The van der Waals surface area contributed by atoms with E-state index >= 15 is 0 Å². The van der Waals surface area contributed by atoms with Crippen molar-refractivity contribution in [3.63, 3.8) is 0 Å². The summed E-state index contributed by atoms with van der Waals surface area (Å²) in [5, 5.41) is 1.78. The SMILES string of the molecule is CCC(C)OP(=O)(O)CN(C(=O)c1csc(N)n1)c1ccccc1. The Labute approximate surface area is 144 Å². The molecule has 0 saturated carbocycles. The van der Waals surface area contributed by atoms with Crippen LogP contribution in [0.4, 0.5) is 10.8 Å². The Morgan fingerprint density at radius 3 is 2.67 bits per heavy atom. The second kappa shape index (κ2) is 7.90. The smallest absolute Gasteiger partial charge is 0.348 e. The Kier molecular flexibility index (Phi) is 6.12. The van der Waals surface area contributed by atoms with E-state index in [9.17, 15) is 14.3 Å². The number of nitrogens with two attached hydrogens (primary N) is 1. The van der Waals surface area contributed by atoms with Crippen LogP contribution in [0.3, 0.4) is 0 Å². The maximum Gasteiger partial charge on any atom is 0.348 e. The molecule has 1 amide bonds. The maximum atomic E-state index is 12.7. The molecular weight excluding hydrogens is 349 g/mol. The normalized spacial score (nSPS) is 14.8. The van der Waals surface area contributed by atoms with E-state index in [-0.39, 0.29) is 16.9 Å². The van der Waals surface area contributed by atoms with Crippen molar-refractivity contribution >= 4 is 35.7 Å². The third kappa shape index (κ3) is 4.88. The fourth-order valence-electron chi connectivity index (χ4n) is 1.96. The molecule has 0 saturated heterocycles. The summed E-state index contributed by atoms with van der Waals surface area (Å²) < 4.78 is 17.6. The number of benzene rings is 1. The van der Waals surface area contributed by atoms with Crippen molar-refractivity contribution in [3.8, 4) is 0 Å². The topological polar surface area (TPSA) is 106 Å². The lowest BCUT2D eigenvalue weighted by molar-refractivity contribution is 0.0982. The van der Waals surface area contributed by atoms with Crippen LogP contribution in [0, 0.1) is 0 Å². The lowest BCUT2D eigenvalue weighted by Crippen LogP contribution is -2.33. The number of anilines is 2. The summed E-state index contributed by atoms with van der Waals surface area (Å²) in [6.07, 6.45) is -0.257. The van der Waals surface area contributed by atoms with Crippen LogP contribution in [0.15, 0.2) is 35.7 Å². The minimum atomic E-state index is -4.00. The van der Waals surface area contributed by atoms with Crippen molar-refractivity contribution in [2.24, 2.45) is 0 Å². The van der Waals surface area contributed by atoms with Crippen molar-refractivity contribution in [1.82, 2.24) is 4.98 Å². The zero-order valence-corrected chi connectivity index (χ0v) is 15.2. The van der Waals surface area contributed by atoms with Gasteiger partial charge in [-0.15, -0.1) is 11.3 Å². The van der Waals surface area contributed by atoms with Crippen LogP contribution < -0.4 is 10.6 Å². The van der Waals surface area contributed by atoms with Gasteiger partial charge in [-0.25, -0.2) is 4.98 Å². The molecule has 0 aliphatic rings. The molecule has 2 atom stereocenters. The summed E-state index contributed by atoms with van der Waals surface area (Å²) in [5.74, 6) is -0.504. The first-order valence-electron chi connectivity index (χ1n) is 7.40. The zero-order valence-electron chi connectivity index (χ0n) is 13.5. The van der Waals surface area contributed by atoms with E-state index in [4.69, 9.17) is 10.3 Å². The molecule has 2 aromatic rings. The minimum Gasteiger partial charge on any atom is -0.375 e. The molecule has 2 unspecified atom stereocenters. The number of para-hydroxylation sites is 1. The fraction of sp³-hybridized carbons (Fsp3) is 0.333. The first-order valence-corrected chi connectivity index (χ1v) is 10.0. The quantitative estimate of drug-likeness (QED) is 0.725. The number of carbonyl (C=O) groups excluding carboxylic acids is 1. The number of thiazole rings is 1. The first kappa shape index (κ1) is 18.6. The predicted octanol–water partition coefficient (Wildman–Crippen LogP) is 3.33. The van der Waals surface area contributed by atoms with Gasteiger partial charge in [-0.3, -0.25) is 14.3 Å². The number of amides is 1. The molecule has 24 heavy (non-hydrogen) atoms. The van der Waals surface area contributed by atoms with E-state index in [2.05, 4.69) is 4.98 Å². The third-order valence-corrected chi connectivity index (χ3v) is 5.30. The highest BCUT2D eigenvalue weighted by atomic mass is 32.1. The van der Waals surface area contributed by atoms with Gasteiger partial charge in [-0.2, -0.15) is 0 Å². The van der Waals surface area contributed by atoms with E-state index in [1.165, 1.54) is 10.3 Å². The van der Waals surface area contributed by atoms with Crippen LogP contribution in [-0.2, 0) is 9.09 Å². The largest absolute Gasteiger partial charge is 0.375 e. The molecule has 2 rings (SSSR count). The number of carbonyl (C=O) groups is 1. The summed E-state index contributed by atoms with van der Waals surface area (Å²) in [7, 11) is -4.00. The van der Waals surface area contributed by atoms with Crippen LogP contribution in [0.25, 0.3) is 0 Å². The number of nitrogens with zero attached hydrogens (tertiary/aromatic N) is 2. The maximum absolute atomic E-state index is 12.7. The Hall–Kier alpha value is -1.73. The van der Waals surface area contributed by atoms with E-state index in [0.29, 0.717) is 12.1 Å². The second-order valence-electron chi connectivity index (χ2n) is 5.24. The molecule has 1 aromatic heterocycles. The molecule has 0 spiro atoms. The minimum absolute atomic E-state index is 0.130. The standard InChI is InChI=1S/C15H20N3O4PS/c1-3-11(2)22-23(20,21)10-18(12-7-5-4-6-8-12)14(19)13-9-24-15(16)17-13/h4-9,11H,3,10H2,1-2H3,(H2,16,17)(H,20,21). The third-order valence-electron chi connectivity index (χ3n) is 3.29. The van der Waals surface area contributed by atoms with Gasteiger partial charge >= 0.3 is 7.60 Å². The van der Waals surface area contributed by atoms with E-state index in [1.807, 2.05) is 6.92 Å². The molecule has 0 bridgehead atoms. The van der Waals surface area contributed by atoms with Crippen LogP contribution in [0.1, 0.15) is 30.8 Å². The Bertz CT molecular complexity index is 737. The van der Waals surface area contributed by atoms with Gasteiger partial charge in [-0.1, -0.05) is 25.1 Å². The molecule has 130 valence electrons. The summed E-state index contributed by atoms with van der Waals surface area (Å²) in [5.41, 5.74) is 6.19. The molecule has 0 aliphatic carbocycles. The number of hydrogen-bond acceptors (Lipinski definition) is 6. The summed E-state index contributed by atoms with van der Waals surface area (Å²) in [6, 6.07) is 8.63. The lowest BCUT2D eigenvalue weighted by atomic mass is 10.3. The van der Waals surface area contributed by atoms with Crippen LogP contribution in [0.5, 0.6) is 0 Å². The highest BCUT2D eigenvalue weighted by Gasteiger charge is 2.31. The Balaban J connectivity index is 2.30. The summed E-state index contributed by atoms with van der Waals surface area (Å²) >= 11 is 1.13. The van der Waals surface area contributed by atoms with E-state index in [0.717, 1.165) is 11.3 Å². The predicted molar refractivity (Wildman–Crippen MR) is 95.3 cm³/mol. The van der Waals surface area contributed by atoms with Gasteiger partial charge in [-0.05, 0) is 25.5 Å². The molecule has 1 heterocycles. The number of aromatic nitrogens is 1. The van der Waals surface area contributed by atoms with Gasteiger partial charge < -0.3 is 15.2 Å². The van der Waals surface area contributed by atoms with Crippen LogP contribution >= 0.6 is 18.9 Å². The van der Waals surface area contributed by atoms with Crippen molar-refractivity contribution in [2.45, 2.75) is 26.4 Å². The van der Waals surface area contributed by atoms with E-state index < -0.39 is 19.8 Å². The molecule has 0 radical (unpaired) electrons. The molecule has 3 N–H and O–H groups in total. The van der Waals surface area contributed by atoms with Crippen molar-refractivity contribution < 1.29 is 18.8 Å². The first-order chi connectivity index (χ1) is 11.3. The average molecular weight is 369 g/mol. The molecule has 9 heteroatoms. The molecule has 0 fully saturated rings. The summed E-state index contributed by atoms with van der Waals surface area (Å²) in [4.78, 5) is 28.0. The number of hydrogen-bond donors (Lipinski definition) is 2. The highest BCUT2D eigenvalue weighted by Crippen LogP contribution is 2.45. The number of rotatable bonds is 7. The van der Waals surface area contributed by atoms with Crippen LogP contribution in [0.2, 0.25) is 0 Å². The molecule has 7 nitrogen and oxygen atoms in total. The van der Waals surface area contributed by atoms with Gasteiger partial charge in [0.15, 0.2) is 5.13 Å². The molecule has 1 aromatic carbocycles. The van der Waals surface area contributed by atoms with Gasteiger partial charge in [0.1, 0.15) is 12.0 Å². The summed E-state index contributed by atoms with van der Waals surface area (Å²) in [6.45, 7) is 3.56. The Morgan fingerprint density at radius 2 is 2.12 bits per heavy atom. The van der Waals surface area contributed by atoms with Crippen molar-refractivity contribution in [3.05, 3.63) is 41.4 Å². The monoisotopic (exact) mass is 369 g/mol. The average Bonchev–Trinajstić information content (AvgIpc) is 2.99. The Morgan fingerprint density at radius 1 is 1.46 bits per heavy atom.